The first-order valence-electron chi connectivity index (χ1n) is 9.07. The Labute approximate surface area is 153 Å². The van der Waals surface area contributed by atoms with Crippen LogP contribution >= 0.6 is 0 Å². The molecule has 3 aromatic rings. The summed E-state index contributed by atoms with van der Waals surface area (Å²) in [4.78, 5) is 17.6. The predicted octanol–water partition coefficient (Wildman–Crippen LogP) is 3.70. The van der Waals surface area contributed by atoms with Crippen LogP contribution in [0.15, 0.2) is 48.8 Å². The van der Waals surface area contributed by atoms with Gasteiger partial charge in [0.1, 0.15) is 17.5 Å². The number of pyridine rings is 1. The third kappa shape index (κ3) is 3.17. The molecule has 2 aromatic heterocycles. The zero-order valence-electron chi connectivity index (χ0n) is 15.2. The fourth-order valence-electron chi connectivity index (χ4n) is 3.63. The largest absolute Gasteiger partial charge is 0.490 e. The number of likely N-dealkylation sites (tertiary alicyclic amines) is 1. The van der Waals surface area contributed by atoms with Gasteiger partial charge in [-0.1, -0.05) is 12.1 Å². The van der Waals surface area contributed by atoms with Crippen molar-refractivity contribution in [1.29, 1.82) is 0 Å². The van der Waals surface area contributed by atoms with Gasteiger partial charge in [-0.3, -0.25) is 4.79 Å². The van der Waals surface area contributed by atoms with E-state index in [1.807, 2.05) is 35.5 Å². The Morgan fingerprint density at radius 2 is 1.85 bits per heavy atom. The number of imidazole rings is 1. The van der Waals surface area contributed by atoms with E-state index in [1.165, 1.54) is 11.3 Å². The molecule has 1 aliphatic heterocycles. The van der Waals surface area contributed by atoms with Crippen LogP contribution in [0.3, 0.4) is 0 Å². The normalized spacial score (nSPS) is 15.4. The van der Waals surface area contributed by atoms with Crippen LogP contribution in [0.25, 0.3) is 16.8 Å². The second-order valence-corrected chi connectivity index (χ2v) is 6.84. The highest BCUT2D eigenvalue weighted by molar-refractivity contribution is 5.73. The molecule has 1 fully saturated rings. The first kappa shape index (κ1) is 16.6. The summed E-state index contributed by atoms with van der Waals surface area (Å²) in [6.45, 7) is 5.30. The molecule has 0 bridgehead atoms. The number of fused-ring (bicyclic) bond motifs is 1. The van der Waals surface area contributed by atoms with Crippen molar-refractivity contribution < 1.29 is 9.53 Å². The van der Waals surface area contributed by atoms with E-state index in [9.17, 15) is 4.79 Å². The zero-order chi connectivity index (χ0) is 18.1. The Kier molecular flexibility index (Phi) is 4.37. The number of piperidine rings is 1. The Morgan fingerprint density at radius 1 is 1.12 bits per heavy atom. The monoisotopic (exact) mass is 349 g/mol. The maximum Gasteiger partial charge on any atom is 0.219 e. The van der Waals surface area contributed by atoms with Crippen LogP contribution in [0.4, 0.5) is 0 Å². The minimum Gasteiger partial charge on any atom is -0.490 e. The minimum atomic E-state index is 0.151. The first-order chi connectivity index (χ1) is 12.6. The Balaban J connectivity index is 1.47. The fourth-order valence-corrected chi connectivity index (χ4v) is 3.63. The van der Waals surface area contributed by atoms with Gasteiger partial charge in [0.25, 0.3) is 0 Å². The molecule has 0 unspecified atom stereocenters. The summed E-state index contributed by atoms with van der Waals surface area (Å²) >= 11 is 0. The summed E-state index contributed by atoms with van der Waals surface area (Å²) in [7, 11) is 0. The van der Waals surface area contributed by atoms with Gasteiger partial charge in [0, 0.05) is 56.5 Å². The molecule has 1 saturated heterocycles. The molecule has 0 radical (unpaired) electrons. The van der Waals surface area contributed by atoms with Gasteiger partial charge in [0.15, 0.2) is 0 Å². The number of carbonyl (C=O) groups is 1. The van der Waals surface area contributed by atoms with Crippen LogP contribution in [-0.4, -0.2) is 39.4 Å². The molecule has 1 aromatic carbocycles. The second-order valence-electron chi connectivity index (χ2n) is 6.84. The molecule has 134 valence electrons. The van der Waals surface area contributed by atoms with Gasteiger partial charge < -0.3 is 14.0 Å². The highest BCUT2D eigenvalue weighted by Gasteiger charge is 2.21. The molecule has 0 spiro atoms. The lowest BCUT2D eigenvalue weighted by molar-refractivity contribution is -0.130. The number of carbonyl (C=O) groups excluding carboxylic acids is 1. The fraction of sp³-hybridized carbons (Fsp3) is 0.333. The maximum atomic E-state index is 11.4. The van der Waals surface area contributed by atoms with Crippen molar-refractivity contribution in [3.8, 4) is 16.9 Å². The number of amides is 1. The zero-order valence-corrected chi connectivity index (χ0v) is 15.2. The van der Waals surface area contributed by atoms with E-state index in [-0.39, 0.29) is 12.0 Å². The van der Waals surface area contributed by atoms with Crippen molar-refractivity contribution in [2.45, 2.75) is 32.8 Å². The average Bonchev–Trinajstić information content (AvgIpc) is 3.13. The van der Waals surface area contributed by atoms with Crippen molar-refractivity contribution in [2.75, 3.05) is 13.1 Å². The standard InChI is InChI=1S/C21H23N3O2/c1-15-20(7-8-21-22-11-14-24(15)21)17-3-5-18(6-4-17)26-19-9-12-23(13-10-19)16(2)25/h3-8,11,14,19H,9-10,12-13H2,1-2H3. The Hall–Kier alpha value is -2.82. The molecule has 1 amide bonds. The van der Waals surface area contributed by atoms with Crippen LogP contribution in [0.1, 0.15) is 25.5 Å². The molecule has 26 heavy (non-hydrogen) atoms. The van der Waals surface area contributed by atoms with Crippen LogP contribution in [0.2, 0.25) is 0 Å². The molecule has 3 heterocycles. The molecule has 0 N–H and O–H groups in total. The van der Waals surface area contributed by atoms with E-state index >= 15 is 0 Å². The van der Waals surface area contributed by atoms with Crippen molar-refractivity contribution in [3.05, 3.63) is 54.5 Å². The van der Waals surface area contributed by atoms with E-state index in [0.717, 1.165) is 42.9 Å². The lowest BCUT2D eigenvalue weighted by Crippen LogP contribution is -2.40. The minimum absolute atomic E-state index is 0.151. The van der Waals surface area contributed by atoms with E-state index < -0.39 is 0 Å². The van der Waals surface area contributed by atoms with E-state index in [4.69, 9.17) is 4.74 Å². The molecule has 0 aliphatic carbocycles. The first-order valence-corrected chi connectivity index (χ1v) is 9.07. The highest BCUT2D eigenvalue weighted by Crippen LogP contribution is 2.27. The maximum absolute atomic E-state index is 11.4. The van der Waals surface area contributed by atoms with Crippen LogP contribution in [0.5, 0.6) is 5.75 Å². The molecule has 0 atom stereocenters. The molecule has 1 aliphatic rings. The third-order valence-corrected chi connectivity index (χ3v) is 5.17. The van der Waals surface area contributed by atoms with Crippen LogP contribution in [0, 0.1) is 6.92 Å². The average molecular weight is 349 g/mol. The van der Waals surface area contributed by atoms with Crippen LogP contribution < -0.4 is 4.74 Å². The van der Waals surface area contributed by atoms with Crippen molar-refractivity contribution in [2.24, 2.45) is 0 Å². The number of aromatic nitrogens is 2. The number of ether oxygens (including phenoxy) is 1. The quantitative estimate of drug-likeness (QED) is 0.724. The topological polar surface area (TPSA) is 46.8 Å². The van der Waals surface area contributed by atoms with E-state index in [1.54, 1.807) is 6.92 Å². The van der Waals surface area contributed by atoms with Crippen molar-refractivity contribution in [1.82, 2.24) is 14.3 Å². The molecular weight excluding hydrogens is 326 g/mol. The third-order valence-electron chi connectivity index (χ3n) is 5.17. The lowest BCUT2D eigenvalue weighted by atomic mass is 10.0. The molecule has 5 heteroatoms. The summed E-state index contributed by atoms with van der Waals surface area (Å²) in [5.41, 5.74) is 4.49. The van der Waals surface area contributed by atoms with E-state index in [0.29, 0.717) is 0 Å². The molecule has 4 rings (SSSR count). The second kappa shape index (κ2) is 6.83. The summed E-state index contributed by atoms with van der Waals surface area (Å²) < 4.78 is 8.21. The number of hydrogen-bond acceptors (Lipinski definition) is 3. The lowest BCUT2D eigenvalue weighted by Gasteiger charge is -2.31. The van der Waals surface area contributed by atoms with E-state index in [2.05, 4.69) is 34.5 Å². The number of aryl methyl sites for hydroxylation is 1. The van der Waals surface area contributed by atoms with Crippen molar-refractivity contribution >= 4 is 11.6 Å². The number of hydrogen-bond donors (Lipinski definition) is 0. The predicted molar refractivity (Wildman–Crippen MR) is 101 cm³/mol. The highest BCUT2D eigenvalue weighted by atomic mass is 16.5. The SMILES string of the molecule is CC(=O)N1CCC(Oc2ccc(-c3ccc4nccn4c3C)cc2)CC1. The van der Waals surface area contributed by atoms with Gasteiger partial charge in [-0.15, -0.1) is 0 Å². The van der Waals surface area contributed by atoms with Gasteiger partial charge in [-0.05, 0) is 36.8 Å². The van der Waals surface area contributed by atoms with Gasteiger partial charge in [0.05, 0.1) is 0 Å². The van der Waals surface area contributed by atoms with Crippen molar-refractivity contribution in [3.63, 3.8) is 0 Å². The summed E-state index contributed by atoms with van der Waals surface area (Å²) in [5.74, 6) is 1.04. The summed E-state index contributed by atoms with van der Waals surface area (Å²) in [6.07, 6.45) is 5.76. The van der Waals surface area contributed by atoms with Gasteiger partial charge >= 0.3 is 0 Å². The van der Waals surface area contributed by atoms with Gasteiger partial charge in [-0.2, -0.15) is 0 Å². The number of nitrogens with zero attached hydrogens (tertiary/aromatic N) is 3. The van der Waals surface area contributed by atoms with Crippen LogP contribution in [-0.2, 0) is 4.79 Å². The summed E-state index contributed by atoms with van der Waals surface area (Å²) in [6, 6.07) is 12.4. The molecule has 0 saturated carbocycles. The summed E-state index contributed by atoms with van der Waals surface area (Å²) in [5, 5.41) is 0. The molecular formula is C21H23N3O2. The van der Waals surface area contributed by atoms with Gasteiger partial charge in [0.2, 0.25) is 5.91 Å². The van der Waals surface area contributed by atoms with Gasteiger partial charge in [-0.25, -0.2) is 4.98 Å². The smallest absolute Gasteiger partial charge is 0.219 e. The number of benzene rings is 1. The number of rotatable bonds is 3. The molecule has 5 nitrogen and oxygen atoms in total. The Bertz CT molecular complexity index is 922. The Morgan fingerprint density at radius 3 is 2.54 bits per heavy atom.